The summed E-state index contributed by atoms with van der Waals surface area (Å²) in [4.78, 5) is 10.7. The summed E-state index contributed by atoms with van der Waals surface area (Å²) in [7, 11) is 0. The van der Waals surface area contributed by atoms with E-state index in [1.807, 2.05) is 50.2 Å². The second kappa shape index (κ2) is 8.19. The van der Waals surface area contributed by atoms with Crippen LogP contribution in [0, 0.1) is 10.1 Å². The highest BCUT2D eigenvalue weighted by atomic mass is 16.7. The van der Waals surface area contributed by atoms with Crippen LogP contribution >= 0.6 is 0 Å². The fraction of sp³-hybridized carbons (Fsp3) is 0.444. The number of ether oxygens (including phenoxy) is 2. The zero-order valence-corrected chi connectivity index (χ0v) is 14.1. The highest BCUT2D eigenvalue weighted by Gasteiger charge is 2.31. The van der Waals surface area contributed by atoms with Crippen LogP contribution < -0.4 is 0 Å². The molecule has 0 spiro atoms. The fourth-order valence-corrected chi connectivity index (χ4v) is 2.73. The van der Waals surface area contributed by atoms with Crippen LogP contribution in [-0.4, -0.2) is 29.3 Å². The summed E-state index contributed by atoms with van der Waals surface area (Å²) >= 11 is 0. The smallest absolute Gasteiger partial charge is 0.240 e. The maximum absolute atomic E-state index is 11.2. The van der Waals surface area contributed by atoms with E-state index in [1.54, 1.807) is 0 Å². The molecule has 0 saturated carbocycles. The molecule has 6 nitrogen and oxygen atoms in total. The van der Waals surface area contributed by atoms with Gasteiger partial charge in [0, 0.05) is 36.2 Å². The molecule has 24 heavy (non-hydrogen) atoms. The Morgan fingerprint density at radius 3 is 2.33 bits per heavy atom. The molecule has 0 amide bonds. The molecule has 130 valence electrons. The number of benzene rings is 2. The van der Waals surface area contributed by atoms with Crippen LogP contribution in [0.25, 0.3) is 10.8 Å². The SMILES string of the molecule is CCOC(OCC)c1ccc2ccccc2c1C(O)C(C)[N+](=O)[O-]. The van der Waals surface area contributed by atoms with Crippen molar-refractivity contribution in [3.63, 3.8) is 0 Å². The monoisotopic (exact) mass is 333 g/mol. The van der Waals surface area contributed by atoms with Gasteiger partial charge < -0.3 is 14.6 Å². The predicted molar refractivity (Wildman–Crippen MR) is 91.4 cm³/mol. The molecule has 0 radical (unpaired) electrons. The number of aliphatic hydroxyl groups is 1. The van der Waals surface area contributed by atoms with Gasteiger partial charge in [0.15, 0.2) is 6.29 Å². The normalized spacial score (nSPS) is 14.0. The number of hydrogen-bond acceptors (Lipinski definition) is 5. The quantitative estimate of drug-likeness (QED) is 0.453. The van der Waals surface area contributed by atoms with E-state index in [0.29, 0.717) is 24.3 Å². The Balaban J connectivity index is 2.65. The average molecular weight is 333 g/mol. The second-order valence-corrected chi connectivity index (χ2v) is 5.50. The number of fused-ring (bicyclic) bond motifs is 1. The first-order valence-corrected chi connectivity index (χ1v) is 8.07. The van der Waals surface area contributed by atoms with Gasteiger partial charge in [0.2, 0.25) is 6.04 Å². The van der Waals surface area contributed by atoms with Crippen molar-refractivity contribution < 1.29 is 19.5 Å². The van der Waals surface area contributed by atoms with E-state index < -0.39 is 23.4 Å². The van der Waals surface area contributed by atoms with Gasteiger partial charge in [-0.1, -0.05) is 36.4 Å². The lowest BCUT2D eigenvalue weighted by molar-refractivity contribution is -0.531. The maximum atomic E-state index is 11.2. The lowest BCUT2D eigenvalue weighted by Gasteiger charge is -2.24. The molecule has 6 heteroatoms. The van der Waals surface area contributed by atoms with Gasteiger partial charge in [0.1, 0.15) is 6.10 Å². The van der Waals surface area contributed by atoms with E-state index >= 15 is 0 Å². The van der Waals surface area contributed by atoms with Gasteiger partial charge in [-0.2, -0.15) is 0 Å². The number of nitrogens with zero attached hydrogens (tertiary/aromatic N) is 1. The van der Waals surface area contributed by atoms with Crippen LogP contribution in [0.15, 0.2) is 36.4 Å². The molecule has 0 saturated heterocycles. The number of hydrogen-bond donors (Lipinski definition) is 1. The minimum atomic E-state index is -1.26. The Morgan fingerprint density at radius 1 is 1.12 bits per heavy atom. The van der Waals surface area contributed by atoms with E-state index in [0.717, 1.165) is 10.8 Å². The molecule has 2 unspecified atom stereocenters. The third-order valence-electron chi connectivity index (χ3n) is 3.98. The first kappa shape index (κ1) is 18.3. The molecule has 0 aromatic heterocycles. The topological polar surface area (TPSA) is 81.8 Å². The lowest BCUT2D eigenvalue weighted by atomic mass is 9.91. The fourth-order valence-electron chi connectivity index (χ4n) is 2.73. The van der Waals surface area contributed by atoms with Crippen LogP contribution in [0.1, 0.15) is 44.3 Å². The number of rotatable bonds is 8. The Kier molecular flexibility index (Phi) is 6.25. The van der Waals surface area contributed by atoms with Gasteiger partial charge in [0.05, 0.1) is 0 Å². The van der Waals surface area contributed by atoms with Crippen LogP contribution in [0.5, 0.6) is 0 Å². The molecular formula is C18H23NO5. The average Bonchev–Trinajstić information content (AvgIpc) is 2.59. The van der Waals surface area contributed by atoms with Crippen LogP contribution in [0.4, 0.5) is 0 Å². The third kappa shape index (κ3) is 3.72. The third-order valence-corrected chi connectivity index (χ3v) is 3.98. The van der Waals surface area contributed by atoms with Gasteiger partial charge >= 0.3 is 0 Å². The summed E-state index contributed by atoms with van der Waals surface area (Å²) in [5, 5.41) is 23.5. The van der Waals surface area contributed by atoms with Crippen LogP contribution in [-0.2, 0) is 9.47 Å². The number of nitro groups is 1. The van der Waals surface area contributed by atoms with Crippen molar-refractivity contribution in [1.29, 1.82) is 0 Å². The molecule has 0 fully saturated rings. The van der Waals surface area contributed by atoms with Gasteiger partial charge in [-0.25, -0.2) is 0 Å². The number of aliphatic hydroxyl groups excluding tert-OH is 1. The van der Waals surface area contributed by atoms with Gasteiger partial charge in [-0.05, 0) is 24.6 Å². The molecule has 0 aliphatic rings. The standard InChI is InChI=1S/C18H23NO5/c1-4-23-18(24-5-2)15-11-10-13-8-6-7-9-14(13)16(15)17(20)12(3)19(21)22/h6-12,17-18,20H,4-5H2,1-3H3. The molecule has 0 bridgehead atoms. The minimum absolute atomic E-state index is 0.428. The molecule has 0 heterocycles. The summed E-state index contributed by atoms with van der Waals surface area (Å²) in [6.45, 7) is 5.95. The van der Waals surface area contributed by atoms with E-state index in [-0.39, 0.29) is 0 Å². The summed E-state index contributed by atoms with van der Waals surface area (Å²) in [6, 6.07) is 10.1. The van der Waals surface area contributed by atoms with E-state index in [2.05, 4.69) is 0 Å². The lowest BCUT2D eigenvalue weighted by Crippen LogP contribution is -2.26. The van der Waals surface area contributed by atoms with Gasteiger partial charge in [-0.3, -0.25) is 10.1 Å². The van der Waals surface area contributed by atoms with Crippen LogP contribution in [0.2, 0.25) is 0 Å². The van der Waals surface area contributed by atoms with Crippen molar-refractivity contribution in [2.45, 2.75) is 39.2 Å². The molecule has 0 aliphatic heterocycles. The van der Waals surface area contributed by atoms with E-state index in [1.165, 1.54) is 6.92 Å². The Bertz CT molecular complexity index is 697. The highest BCUT2D eigenvalue weighted by molar-refractivity contribution is 5.87. The molecular weight excluding hydrogens is 310 g/mol. The summed E-state index contributed by atoms with van der Waals surface area (Å²) in [6.07, 6.45) is -1.93. The Labute approximate surface area is 141 Å². The van der Waals surface area contributed by atoms with Crippen LogP contribution in [0.3, 0.4) is 0 Å². The van der Waals surface area contributed by atoms with Gasteiger partial charge in [0.25, 0.3) is 0 Å². The zero-order chi connectivity index (χ0) is 17.7. The maximum Gasteiger partial charge on any atom is 0.240 e. The molecule has 2 rings (SSSR count). The Morgan fingerprint density at radius 2 is 1.75 bits per heavy atom. The Hall–Kier alpha value is -2.02. The first-order valence-electron chi connectivity index (χ1n) is 8.07. The van der Waals surface area contributed by atoms with Crippen molar-refractivity contribution >= 4 is 10.8 Å². The summed E-state index contributed by atoms with van der Waals surface area (Å²) < 4.78 is 11.3. The molecule has 0 aliphatic carbocycles. The van der Waals surface area contributed by atoms with E-state index in [9.17, 15) is 15.2 Å². The largest absolute Gasteiger partial charge is 0.381 e. The van der Waals surface area contributed by atoms with Crippen molar-refractivity contribution in [3.05, 3.63) is 57.6 Å². The highest BCUT2D eigenvalue weighted by Crippen LogP contribution is 2.35. The molecule has 2 aromatic carbocycles. The second-order valence-electron chi connectivity index (χ2n) is 5.50. The van der Waals surface area contributed by atoms with Crippen molar-refractivity contribution in [1.82, 2.24) is 0 Å². The zero-order valence-electron chi connectivity index (χ0n) is 14.1. The molecule has 1 N–H and O–H groups in total. The first-order chi connectivity index (χ1) is 11.5. The summed E-state index contributed by atoms with van der Waals surface area (Å²) in [5.41, 5.74) is 1.11. The molecule has 2 atom stereocenters. The van der Waals surface area contributed by atoms with Crippen molar-refractivity contribution in [2.75, 3.05) is 13.2 Å². The van der Waals surface area contributed by atoms with E-state index in [4.69, 9.17) is 9.47 Å². The van der Waals surface area contributed by atoms with Crippen molar-refractivity contribution in [3.8, 4) is 0 Å². The summed E-state index contributed by atoms with van der Waals surface area (Å²) in [5.74, 6) is 0. The predicted octanol–water partition coefficient (Wildman–Crippen LogP) is 3.61. The minimum Gasteiger partial charge on any atom is -0.381 e. The molecule has 2 aromatic rings. The van der Waals surface area contributed by atoms with Crippen molar-refractivity contribution in [2.24, 2.45) is 0 Å². The van der Waals surface area contributed by atoms with Gasteiger partial charge in [-0.15, -0.1) is 0 Å².